The van der Waals surface area contributed by atoms with Crippen molar-refractivity contribution in [3.05, 3.63) is 0 Å². The summed E-state index contributed by atoms with van der Waals surface area (Å²) in [5.41, 5.74) is 0. The molecule has 1 rings (SSSR count). The number of aldehydes is 1. The van der Waals surface area contributed by atoms with Crippen LogP contribution in [0.15, 0.2) is 0 Å². The van der Waals surface area contributed by atoms with Crippen molar-refractivity contribution in [3.8, 4) is 0 Å². The predicted octanol–water partition coefficient (Wildman–Crippen LogP) is 11.1. The smallest absolute Gasteiger partial charge is 0.192 e. The van der Waals surface area contributed by atoms with Gasteiger partial charge in [0.1, 0.15) is 6.29 Å². The molecule has 0 bridgehead atoms. The Balaban J connectivity index is 3.20. The van der Waals surface area contributed by atoms with Crippen molar-refractivity contribution in [2.75, 3.05) is 18.1 Å². The molecule has 250 valence electrons. The van der Waals surface area contributed by atoms with E-state index in [1.54, 1.807) is 0 Å². The van der Waals surface area contributed by atoms with Crippen LogP contribution in [0, 0.1) is 5.92 Å². The largest absolute Gasteiger partial charge is 0.416 e. The van der Waals surface area contributed by atoms with Gasteiger partial charge in [0.2, 0.25) is 0 Å². The van der Waals surface area contributed by atoms with E-state index in [1.807, 2.05) is 0 Å². The molecule has 0 amide bonds. The Morgan fingerprint density at radius 3 is 1.69 bits per heavy atom. The van der Waals surface area contributed by atoms with Crippen molar-refractivity contribution in [1.82, 2.24) is 0 Å². The van der Waals surface area contributed by atoms with E-state index in [-0.39, 0.29) is 31.4 Å². The molecule has 1 fully saturated rings. The van der Waals surface area contributed by atoms with Crippen molar-refractivity contribution in [2.45, 2.75) is 178 Å². The van der Waals surface area contributed by atoms with E-state index < -0.39 is 25.0 Å². The fourth-order valence-corrected chi connectivity index (χ4v) is 11.8. The van der Waals surface area contributed by atoms with Gasteiger partial charge in [-0.25, -0.2) is 0 Å². The van der Waals surface area contributed by atoms with Gasteiger partial charge in [-0.1, -0.05) is 69.2 Å². The average Bonchev–Trinajstić information content (AvgIpc) is 3.25. The van der Waals surface area contributed by atoms with Crippen LogP contribution in [0.5, 0.6) is 0 Å². The van der Waals surface area contributed by atoms with Gasteiger partial charge >= 0.3 is 0 Å². The van der Waals surface area contributed by atoms with Gasteiger partial charge < -0.3 is 18.1 Å². The van der Waals surface area contributed by atoms with Crippen molar-refractivity contribution in [2.24, 2.45) is 5.92 Å². The van der Waals surface area contributed by atoms with Gasteiger partial charge in [-0.2, -0.15) is 0 Å². The van der Waals surface area contributed by atoms with Crippen molar-refractivity contribution in [3.63, 3.8) is 0 Å². The lowest BCUT2D eigenvalue weighted by atomic mass is 9.94. The lowest BCUT2D eigenvalue weighted by Crippen LogP contribution is -2.49. The second kappa shape index (κ2) is 15.7. The van der Waals surface area contributed by atoms with Gasteiger partial charge in [0.15, 0.2) is 25.0 Å². The fraction of sp³-hybridized carbons (Fsp3) is 0.970. The molecule has 1 heterocycles. The summed E-state index contributed by atoms with van der Waals surface area (Å²) in [5, 5.41) is 0.503. The van der Waals surface area contributed by atoms with E-state index in [2.05, 4.69) is 132 Å². The topological polar surface area (TPSA) is 44.8 Å². The van der Waals surface area contributed by atoms with Crippen LogP contribution in [0.4, 0.5) is 0 Å². The van der Waals surface area contributed by atoms with E-state index in [0.29, 0.717) is 12.3 Å². The molecule has 42 heavy (non-hydrogen) atoms. The van der Waals surface area contributed by atoms with Crippen LogP contribution in [0.1, 0.15) is 108 Å². The number of thioether (sulfide) groups is 2. The Morgan fingerprint density at radius 2 is 1.26 bits per heavy atom. The fourth-order valence-electron chi connectivity index (χ4n) is 4.57. The molecule has 0 unspecified atom stereocenters. The molecule has 0 N–H and O–H groups in total. The molecule has 4 nitrogen and oxygen atoms in total. The summed E-state index contributed by atoms with van der Waals surface area (Å²) >= 11 is 4.31. The molecule has 0 aromatic rings. The molecule has 9 heteroatoms. The van der Waals surface area contributed by atoms with Crippen molar-refractivity contribution >= 4 is 54.8 Å². The normalized spacial score (nSPS) is 19.5. The average molecular weight is 679 g/mol. The Bertz CT molecular complexity index is 823. The summed E-state index contributed by atoms with van der Waals surface area (Å²) in [4.78, 5) is 11.6. The third-order valence-corrected chi connectivity index (χ3v) is 27.9. The molecule has 0 aromatic heterocycles. The number of carbonyl (C=O) groups excluding carboxylic acids is 1. The zero-order chi connectivity index (χ0) is 32.8. The highest BCUT2D eigenvalue weighted by Crippen LogP contribution is 2.53. The first kappa shape index (κ1) is 40.9. The standard InChI is InChI=1S/C33H70O4S2Si3/c1-17-27(26-35-40(11,12)30(2,3)4)29(37-42(15,16)32(8,9)10)25-33(38-23-24-39-33)21-18-19-28(20-22-34)36-41(13,14)31(5,6)7/h22,27-29H,17-21,23-26H2,1-16H3/t27-,28+,29-/m1/s1. The van der Waals surface area contributed by atoms with Crippen molar-refractivity contribution < 1.29 is 18.1 Å². The Kier molecular flexibility index (Phi) is 15.3. The molecular formula is C33H70O4S2Si3. The molecule has 0 saturated carbocycles. The number of rotatable bonds is 17. The van der Waals surface area contributed by atoms with Gasteiger partial charge in [-0.05, 0) is 86.5 Å². The zero-order valence-electron chi connectivity index (χ0n) is 30.6. The van der Waals surface area contributed by atoms with Gasteiger partial charge in [0, 0.05) is 30.5 Å². The summed E-state index contributed by atoms with van der Waals surface area (Å²) < 4.78 is 21.1. The Morgan fingerprint density at radius 1 is 0.786 bits per heavy atom. The maximum absolute atomic E-state index is 11.6. The molecule has 0 aliphatic carbocycles. The number of carbonyl (C=O) groups is 1. The number of hydrogen-bond acceptors (Lipinski definition) is 6. The Hall–Kier alpha value is 0.901. The molecule has 0 aromatic carbocycles. The molecule has 0 spiro atoms. The molecular weight excluding hydrogens is 609 g/mol. The zero-order valence-corrected chi connectivity index (χ0v) is 35.3. The van der Waals surface area contributed by atoms with Crippen LogP contribution in [0.2, 0.25) is 54.4 Å². The molecule has 3 atom stereocenters. The minimum absolute atomic E-state index is 0.0255. The highest BCUT2D eigenvalue weighted by atomic mass is 32.2. The van der Waals surface area contributed by atoms with E-state index in [9.17, 15) is 4.79 Å². The third-order valence-electron chi connectivity index (χ3n) is 10.8. The van der Waals surface area contributed by atoms with Crippen molar-refractivity contribution in [1.29, 1.82) is 0 Å². The van der Waals surface area contributed by atoms with E-state index >= 15 is 0 Å². The van der Waals surface area contributed by atoms with Gasteiger partial charge in [0.05, 0.1) is 16.3 Å². The second-order valence-corrected chi connectivity index (χ2v) is 34.8. The summed E-state index contributed by atoms with van der Waals surface area (Å²) in [6, 6.07) is 0. The minimum atomic E-state index is -1.99. The summed E-state index contributed by atoms with van der Waals surface area (Å²) in [6.07, 6.45) is 7.08. The van der Waals surface area contributed by atoms with Crippen LogP contribution in [0.3, 0.4) is 0 Å². The van der Waals surface area contributed by atoms with Crippen LogP contribution in [0.25, 0.3) is 0 Å². The van der Waals surface area contributed by atoms with E-state index in [0.717, 1.165) is 45.0 Å². The molecule has 1 saturated heterocycles. The van der Waals surface area contributed by atoms with Crippen LogP contribution < -0.4 is 0 Å². The first-order chi connectivity index (χ1) is 18.8. The van der Waals surface area contributed by atoms with Gasteiger partial charge in [0.25, 0.3) is 0 Å². The molecule has 0 radical (unpaired) electrons. The quantitative estimate of drug-likeness (QED) is 0.113. The minimum Gasteiger partial charge on any atom is -0.416 e. The Labute approximate surface area is 274 Å². The van der Waals surface area contributed by atoms with Crippen LogP contribution >= 0.6 is 23.5 Å². The summed E-state index contributed by atoms with van der Waals surface area (Å²) in [5.74, 6) is 2.79. The first-order valence-electron chi connectivity index (χ1n) is 16.5. The first-order valence-corrected chi connectivity index (χ1v) is 27.2. The molecule has 1 aliphatic rings. The van der Waals surface area contributed by atoms with Gasteiger partial charge in [-0.3, -0.25) is 0 Å². The SMILES string of the molecule is CC[C@H](CO[Si](C)(C)C(C)(C)C)[C@@H](CC1(CCC[C@@H](CC=O)O[Si](C)(C)C(C)(C)C)SCCS1)O[Si](C)(C)C(C)(C)C. The maximum Gasteiger partial charge on any atom is 0.192 e. The predicted molar refractivity (Wildman–Crippen MR) is 198 cm³/mol. The maximum atomic E-state index is 11.6. The highest BCUT2D eigenvalue weighted by Gasteiger charge is 2.46. The number of hydrogen-bond donors (Lipinski definition) is 0. The van der Waals surface area contributed by atoms with Crippen LogP contribution in [-0.2, 0) is 18.1 Å². The van der Waals surface area contributed by atoms with E-state index in [4.69, 9.17) is 13.3 Å². The van der Waals surface area contributed by atoms with Crippen LogP contribution in [-0.4, -0.2) is 65.6 Å². The molecule has 1 aliphatic heterocycles. The third kappa shape index (κ3) is 11.9. The monoisotopic (exact) mass is 678 g/mol. The highest BCUT2D eigenvalue weighted by molar-refractivity contribution is 8.21. The lowest BCUT2D eigenvalue weighted by Gasteiger charge is -2.45. The van der Waals surface area contributed by atoms with E-state index in [1.165, 1.54) is 11.5 Å². The second-order valence-electron chi connectivity index (χ2n) is 17.3. The lowest BCUT2D eigenvalue weighted by molar-refractivity contribution is -0.109. The van der Waals surface area contributed by atoms with Gasteiger partial charge in [-0.15, -0.1) is 23.5 Å². The summed E-state index contributed by atoms with van der Waals surface area (Å²) in [7, 11) is -5.77. The summed E-state index contributed by atoms with van der Waals surface area (Å²) in [6.45, 7) is 38.2.